The standard InChI is InChI=1S/C72H52N2O6/c1-5-37-77-61-31-23-49-41-57(27-19-53(49)45-61)71(58-28-20-54-46-62(78-38-6-2)32-24-50(54)42-58)65-15-9-11-17-67(65)73(69(71)75)35-13-14-36-74-68-18-12-10-16-66(68)72(70(74)76,59-29-21-55-47-63(79-39-7-3)33-25-51(55)43-59)60-30-22-56-48-64(80-40-8-4)34-26-52(56)44-60/h1-4,9-12,15-34,41-48H,13-14,35-40H2. The molecular weight excluding hydrogens is 989 g/mol. The molecule has 10 aromatic carbocycles. The molecule has 0 radical (unpaired) electrons. The van der Waals surface area contributed by atoms with Gasteiger partial charge in [0, 0.05) is 35.6 Å². The van der Waals surface area contributed by atoms with E-state index in [-0.39, 0.29) is 38.2 Å². The lowest BCUT2D eigenvalue weighted by molar-refractivity contribution is -0.121. The van der Waals surface area contributed by atoms with Gasteiger partial charge in [-0.25, -0.2) is 0 Å². The number of para-hydroxylation sites is 2. The zero-order valence-corrected chi connectivity index (χ0v) is 43.8. The fourth-order valence-electron chi connectivity index (χ4n) is 12.0. The molecule has 0 atom stereocenters. The Balaban J connectivity index is 0.894. The fourth-order valence-corrected chi connectivity index (χ4v) is 12.0. The molecule has 0 aliphatic carbocycles. The van der Waals surface area contributed by atoms with E-state index in [1.807, 2.05) is 143 Å². The molecule has 2 aliphatic rings. The van der Waals surface area contributed by atoms with Crippen molar-refractivity contribution >= 4 is 66.3 Å². The van der Waals surface area contributed by atoms with Gasteiger partial charge in [-0.1, -0.05) is 133 Å². The lowest BCUT2D eigenvalue weighted by Crippen LogP contribution is -2.43. The van der Waals surface area contributed by atoms with Crippen molar-refractivity contribution in [2.75, 3.05) is 49.3 Å². The van der Waals surface area contributed by atoms with Crippen molar-refractivity contribution in [2.45, 2.75) is 23.7 Å². The fraction of sp³-hybridized carbons (Fsp3) is 0.139. The van der Waals surface area contributed by atoms with Crippen molar-refractivity contribution in [2.24, 2.45) is 0 Å². The van der Waals surface area contributed by atoms with E-state index in [0.29, 0.717) is 48.9 Å². The van der Waals surface area contributed by atoms with Crippen molar-refractivity contribution in [3.63, 3.8) is 0 Å². The summed E-state index contributed by atoms with van der Waals surface area (Å²) in [5, 5.41) is 7.63. The number of hydrogen-bond acceptors (Lipinski definition) is 6. The third kappa shape index (κ3) is 8.62. The Morgan fingerprint density at radius 3 is 0.887 bits per heavy atom. The number of terminal acetylenes is 4. The van der Waals surface area contributed by atoms with Gasteiger partial charge >= 0.3 is 0 Å². The average Bonchev–Trinajstić information content (AvgIpc) is 4.13. The van der Waals surface area contributed by atoms with E-state index in [0.717, 1.165) is 87.8 Å². The third-order valence-corrected chi connectivity index (χ3v) is 15.6. The van der Waals surface area contributed by atoms with Gasteiger partial charge in [0.15, 0.2) is 0 Å². The van der Waals surface area contributed by atoms with Crippen LogP contribution in [0.25, 0.3) is 43.1 Å². The molecule has 0 saturated carbocycles. The van der Waals surface area contributed by atoms with Gasteiger partial charge in [0.2, 0.25) is 11.8 Å². The first kappa shape index (κ1) is 50.4. The summed E-state index contributed by atoms with van der Waals surface area (Å²) in [5.74, 6) is 12.7. The quantitative estimate of drug-likeness (QED) is 0.0668. The predicted molar refractivity (Wildman–Crippen MR) is 320 cm³/mol. The third-order valence-electron chi connectivity index (χ3n) is 15.6. The van der Waals surface area contributed by atoms with Crippen LogP contribution in [-0.4, -0.2) is 51.3 Å². The number of carbonyl (C=O) groups excluding carboxylic acids is 2. The molecule has 0 fully saturated rings. The summed E-state index contributed by atoms with van der Waals surface area (Å²) in [6.07, 6.45) is 23.3. The van der Waals surface area contributed by atoms with Gasteiger partial charge in [0.1, 0.15) is 60.3 Å². The highest BCUT2D eigenvalue weighted by Gasteiger charge is 2.55. The average molecular weight is 1040 g/mol. The first-order valence-corrected chi connectivity index (χ1v) is 26.5. The number of hydrogen-bond donors (Lipinski definition) is 0. The second-order valence-electron chi connectivity index (χ2n) is 20.0. The molecule has 386 valence electrons. The molecule has 0 bridgehead atoms. The van der Waals surface area contributed by atoms with Crippen molar-refractivity contribution in [3.8, 4) is 72.4 Å². The molecule has 2 heterocycles. The van der Waals surface area contributed by atoms with Gasteiger partial charge in [-0.3, -0.25) is 9.59 Å². The lowest BCUT2D eigenvalue weighted by atomic mass is 9.69. The van der Waals surface area contributed by atoms with Crippen LogP contribution >= 0.6 is 0 Å². The zero-order chi connectivity index (χ0) is 54.8. The van der Waals surface area contributed by atoms with Crippen LogP contribution in [0.4, 0.5) is 11.4 Å². The number of ether oxygens (including phenoxy) is 4. The maximum Gasteiger partial charge on any atom is 0.246 e. The smallest absolute Gasteiger partial charge is 0.246 e. The monoisotopic (exact) mass is 1040 g/mol. The molecule has 0 N–H and O–H groups in total. The molecule has 0 aromatic heterocycles. The highest BCUT2D eigenvalue weighted by atomic mass is 16.5. The number of anilines is 2. The summed E-state index contributed by atoms with van der Waals surface area (Å²) in [4.78, 5) is 36.0. The SMILES string of the molecule is C#CCOc1ccc2cc(C3(c4ccc5cc(OCC#C)ccc5c4)C(=O)N(CCCCN4C(=O)C(c5ccc6cc(OCC#C)ccc6c5)(c5ccc6cc(OCC#C)ccc6c5)c5ccccc54)c4ccccc43)ccc2c1. The largest absolute Gasteiger partial charge is 0.481 e. The molecule has 0 spiro atoms. The maximum absolute atomic E-state index is 16.0. The number of unbranched alkanes of at least 4 members (excludes halogenated alkanes) is 1. The number of amides is 2. The molecule has 80 heavy (non-hydrogen) atoms. The lowest BCUT2D eigenvalue weighted by Gasteiger charge is -2.31. The Hall–Kier alpha value is -10.4. The number of nitrogens with zero attached hydrogens (tertiary/aromatic N) is 2. The minimum absolute atomic E-state index is 0.0565. The molecule has 10 aromatic rings. The van der Waals surface area contributed by atoms with Gasteiger partial charge in [-0.15, -0.1) is 25.7 Å². The summed E-state index contributed by atoms with van der Waals surface area (Å²) in [6.45, 7) is 1.46. The Morgan fingerprint density at radius 2 is 0.600 bits per heavy atom. The minimum Gasteiger partial charge on any atom is -0.481 e. The Kier molecular flexibility index (Phi) is 13.4. The minimum atomic E-state index is -1.22. The normalized spacial score (nSPS) is 13.8. The molecule has 12 rings (SSSR count). The number of benzene rings is 10. The summed E-state index contributed by atoms with van der Waals surface area (Å²) in [5.41, 5.74) is 4.37. The van der Waals surface area contributed by atoms with Crippen molar-refractivity contribution < 1.29 is 28.5 Å². The summed E-state index contributed by atoms with van der Waals surface area (Å²) in [7, 11) is 0. The second kappa shape index (κ2) is 21.2. The van der Waals surface area contributed by atoms with Gasteiger partial charge in [0.25, 0.3) is 0 Å². The van der Waals surface area contributed by atoms with Crippen LogP contribution in [0.1, 0.15) is 46.2 Å². The summed E-state index contributed by atoms with van der Waals surface area (Å²) in [6, 6.07) is 64.6. The van der Waals surface area contributed by atoms with E-state index >= 15 is 9.59 Å². The van der Waals surface area contributed by atoms with Gasteiger partial charge in [-0.2, -0.15) is 0 Å². The van der Waals surface area contributed by atoms with Crippen LogP contribution in [0.3, 0.4) is 0 Å². The van der Waals surface area contributed by atoms with Gasteiger partial charge in [-0.05, 0) is 163 Å². The molecule has 0 unspecified atom stereocenters. The van der Waals surface area contributed by atoms with Crippen molar-refractivity contribution in [3.05, 3.63) is 228 Å². The van der Waals surface area contributed by atoms with Crippen LogP contribution in [0.15, 0.2) is 194 Å². The molecule has 2 amide bonds. The second-order valence-corrected chi connectivity index (χ2v) is 20.0. The van der Waals surface area contributed by atoms with E-state index in [1.54, 1.807) is 0 Å². The van der Waals surface area contributed by atoms with Crippen LogP contribution in [0.5, 0.6) is 23.0 Å². The Bertz CT molecular complexity index is 3820. The molecule has 8 heteroatoms. The van der Waals surface area contributed by atoms with E-state index in [1.165, 1.54) is 0 Å². The number of carbonyl (C=O) groups is 2. The van der Waals surface area contributed by atoms with E-state index in [9.17, 15) is 0 Å². The topological polar surface area (TPSA) is 77.5 Å². The van der Waals surface area contributed by atoms with Crippen LogP contribution < -0.4 is 28.7 Å². The van der Waals surface area contributed by atoms with Crippen molar-refractivity contribution in [1.29, 1.82) is 0 Å². The number of rotatable bonds is 17. The van der Waals surface area contributed by atoms with E-state index < -0.39 is 10.8 Å². The molecule has 2 aliphatic heterocycles. The van der Waals surface area contributed by atoms with Gasteiger partial charge < -0.3 is 28.7 Å². The molecule has 8 nitrogen and oxygen atoms in total. The van der Waals surface area contributed by atoms with E-state index in [4.69, 9.17) is 44.6 Å². The zero-order valence-electron chi connectivity index (χ0n) is 43.8. The first-order valence-electron chi connectivity index (χ1n) is 26.5. The van der Waals surface area contributed by atoms with Gasteiger partial charge in [0.05, 0.1) is 0 Å². The highest BCUT2D eigenvalue weighted by molar-refractivity contribution is 6.15. The Labute approximate surface area is 465 Å². The summed E-state index contributed by atoms with van der Waals surface area (Å²) < 4.78 is 23.1. The van der Waals surface area contributed by atoms with E-state index in [2.05, 4.69) is 84.3 Å². The number of fused-ring (bicyclic) bond motifs is 6. The van der Waals surface area contributed by atoms with Crippen LogP contribution in [-0.2, 0) is 20.4 Å². The first-order chi connectivity index (χ1) is 39.3. The Morgan fingerprint density at radius 1 is 0.338 bits per heavy atom. The maximum atomic E-state index is 16.0. The predicted octanol–water partition coefficient (Wildman–Crippen LogP) is 13.2. The summed E-state index contributed by atoms with van der Waals surface area (Å²) >= 11 is 0. The molecule has 0 saturated heterocycles. The van der Waals surface area contributed by atoms with Crippen LogP contribution in [0, 0.1) is 49.4 Å². The van der Waals surface area contributed by atoms with Crippen molar-refractivity contribution in [1.82, 2.24) is 0 Å². The molecular formula is C72H52N2O6. The van der Waals surface area contributed by atoms with Crippen LogP contribution in [0.2, 0.25) is 0 Å². The highest BCUT2D eigenvalue weighted by Crippen LogP contribution is 2.53.